The molecule has 0 amide bonds. The van der Waals surface area contributed by atoms with Gasteiger partial charge in [-0.2, -0.15) is 17.1 Å². The molecule has 9 heteroatoms. The number of aromatic amines is 1. The van der Waals surface area contributed by atoms with E-state index in [1.165, 1.54) is 34.5 Å². The van der Waals surface area contributed by atoms with Gasteiger partial charge in [0.05, 0.1) is 21.5 Å². The quantitative estimate of drug-likeness (QED) is 0.325. The minimum absolute atomic E-state index is 0.0147. The zero-order chi connectivity index (χ0) is 20.7. The molecule has 2 aromatic carbocycles. The first-order valence-electron chi connectivity index (χ1n) is 8.48. The van der Waals surface area contributed by atoms with Gasteiger partial charge in [0.1, 0.15) is 0 Å². The van der Waals surface area contributed by atoms with Crippen molar-refractivity contribution in [1.82, 2.24) is 14.6 Å². The van der Waals surface area contributed by atoms with E-state index in [0.717, 1.165) is 16.5 Å². The maximum Gasteiger partial charge on any atom is 0.273 e. The molecule has 0 saturated carbocycles. The molecule has 1 N–H and O–H groups in total. The summed E-state index contributed by atoms with van der Waals surface area (Å²) in [7, 11) is 0. The van der Waals surface area contributed by atoms with Crippen LogP contribution in [0, 0.1) is 11.6 Å². The van der Waals surface area contributed by atoms with Gasteiger partial charge in [-0.3, -0.25) is 9.89 Å². The van der Waals surface area contributed by atoms with Crippen LogP contribution in [0.25, 0.3) is 16.9 Å². The number of rotatable bonds is 4. The number of fused-ring (bicyclic) bond motifs is 1. The second-order valence-electron chi connectivity index (χ2n) is 6.25. The Hall–Kier alpha value is -2.29. The Balaban J connectivity index is 1.91. The molecule has 0 bridgehead atoms. The first kappa shape index (κ1) is 20.0. The third-order valence-corrected chi connectivity index (χ3v) is 6.04. The number of thiol groups is 1. The normalized spacial score (nSPS) is 12.4. The van der Waals surface area contributed by atoms with Crippen molar-refractivity contribution in [3.8, 4) is 11.3 Å². The summed E-state index contributed by atoms with van der Waals surface area (Å²) in [5, 5.41) is 2.72. The topological polar surface area (TPSA) is 50.2 Å². The van der Waals surface area contributed by atoms with Gasteiger partial charge in [-0.05, 0) is 24.5 Å². The van der Waals surface area contributed by atoms with E-state index in [1.54, 1.807) is 12.1 Å². The van der Waals surface area contributed by atoms with Crippen LogP contribution in [0.4, 0.5) is 8.78 Å². The molecule has 0 saturated heterocycles. The number of nitrogens with zero attached hydrogens (tertiary/aromatic N) is 2. The number of hydrogen-bond donors (Lipinski definition) is 2. The lowest BCUT2D eigenvalue weighted by molar-refractivity contribution is 0.500. The van der Waals surface area contributed by atoms with Gasteiger partial charge in [0.2, 0.25) is 0 Å². The fourth-order valence-electron chi connectivity index (χ4n) is 3.10. The maximum absolute atomic E-state index is 14.2. The van der Waals surface area contributed by atoms with Crippen molar-refractivity contribution >= 4 is 41.6 Å². The molecule has 0 aliphatic carbocycles. The average Bonchev–Trinajstić information content (AvgIpc) is 3.09. The van der Waals surface area contributed by atoms with Gasteiger partial charge in [0, 0.05) is 22.2 Å². The molecule has 4 nitrogen and oxygen atoms in total. The third-order valence-electron chi connectivity index (χ3n) is 4.47. The van der Waals surface area contributed by atoms with Gasteiger partial charge in [0.25, 0.3) is 5.56 Å². The zero-order valence-corrected chi connectivity index (χ0v) is 17.5. The summed E-state index contributed by atoms with van der Waals surface area (Å²) in [6.45, 7) is 0. The van der Waals surface area contributed by atoms with E-state index in [9.17, 15) is 13.6 Å². The summed E-state index contributed by atoms with van der Waals surface area (Å²) < 4.78 is 29.1. The lowest BCUT2D eigenvalue weighted by Crippen LogP contribution is -2.17. The van der Waals surface area contributed by atoms with Crippen molar-refractivity contribution in [2.75, 3.05) is 6.26 Å². The maximum atomic E-state index is 14.2. The van der Waals surface area contributed by atoms with E-state index >= 15 is 0 Å². The van der Waals surface area contributed by atoms with Crippen LogP contribution in [-0.2, 0) is 0 Å². The number of hydrogen-bond acceptors (Lipinski definition) is 4. The lowest BCUT2D eigenvalue weighted by Gasteiger charge is -2.12. The molecule has 1 unspecified atom stereocenters. The van der Waals surface area contributed by atoms with Crippen LogP contribution in [0.5, 0.6) is 0 Å². The first-order valence-corrected chi connectivity index (χ1v) is 10.6. The Bertz CT molecular complexity index is 1290. The minimum Gasteiger partial charge on any atom is -0.288 e. The Morgan fingerprint density at radius 2 is 1.97 bits per heavy atom. The summed E-state index contributed by atoms with van der Waals surface area (Å²) in [5.74, 6) is -1.98. The molecular formula is C20H14ClF2N3OS2. The van der Waals surface area contributed by atoms with Crippen molar-refractivity contribution in [2.45, 2.75) is 10.1 Å². The van der Waals surface area contributed by atoms with Crippen LogP contribution in [0.3, 0.4) is 0 Å². The molecule has 2 heterocycles. The smallest absolute Gasteiger partial charge is 0.273 e. The van der Waals surface area contributed by atoms with E-state index < -0.39 is 16.9 Å². The monoisotopic (exact) mass is 449 g/mol. The molecule has 0 spiro atoms. The van der Waals surface area contributed by atoms with E-state index in [4.69, 9.17) is 11.6 Å². The Kier molecular flexibility index (Phi) is 5.42. The lowest BCUT2D eigenvalue weighted by atomic mass is 10.1. The molecule has 4 aromatic rings. The molecule has 0 aliphatic rings. The van der Waals surface area contributed by atoms with Crippen LogP contribution < -0.4 is 5.56 Å². The minimum atomic E-state index is -1.01. The van der Waals surface area contributed by atoms with Gasteiger partial charge in [-0.25, -0.2) is 13.8 Å². The highest BCUT2D eigenvalue weighted by molar-refractivity contribution is 7.99. The van der Waals surface area contributed by atoms with E-state index in [-0.39, 0.29) is 16.8 Å². The molecule has 148 valence electrons. The Morgan fingerprint density at radius 1 is 1.21 bits per heavy atom. The average molecular weight is 450 g/mol. The summed E-state index contributed by atoms with van der Waals surface area (Å²) >= 11 is 11.9. The second-order valence-corrected chi connectivity index (χ2v) is 8.02. The molecule has 29 heavy (non-hydrogen) atoms. The SMILES string of the molecule is CSc1c(-c2cccc(Cl)c2)[nH]n2c(=O)cc(C(S)c3cccc(F)c3F)nc12. The Morgan fingerprint density at radius 3 is 2.69 bits per heavy atom. The number of benzene rings is 2. The van der Waals surface area contributed by atoms with Crippen LogP contribution in [0.2, 0.25) is 5.02 Å². The summed E-state index contributed by atoms with van der Waals surface area (Å²) in [6, 6.07) is 12.3. The van der Waals surface area contributed by atoms with Crippen LogP contribution >= 0.6 is 36.0 Å². The van der Waals surface area contributed by atoms with Crippen LogP contribution in [0.1, 0.15) is 16.5 Å². The summed E-state index contributed by atoms with van der Waals surface area (Å²) in [5.41, 5.74) is 1.73. The van der Waals surface area contributed by atoms with Crippen molar-refractivity contribution in [1.29, 1.82) is 0 Å². The fourth-order valence-corrected chi connectivity index (χ4v) is 4.31. The van der Waals surface area contributed by atoms with E-state index in [2.05, 4.69) is 22.7 Å². The highest BCUT2D eigenvalue weighted by Gasteiger charge is 2.22. The molecule has 0 fully saturated rings. The summed E-state index contributed by atoms with van der Waals surface area (Å²) in [6.07, 6.45) is 1.86. The van der Waals surface area contributed by atoms with Gasteiger partial charge >= 0.3 is 0 Å². The highest BCUT2D eigenvalue weighted by Crippen LogP contribution is 2.35. The largest absolute Gasteiger partial charge is 0.288 e. The predicted octanol–water partition coefficient (Wildman–Crippen LogP) is 5.36. The number of thioether (sulfide) groups is 1. The van der Waals surface area contributed by atoms with Crippen molar-refractivity contribution in [3.05, 3.63) is 86.8 Å². The van der Waals surface area contributed by atoms with Gasteiger partial charge in [0.15, 0.2) is 17.3 Å². The molecular weight excluding hydrogens is 436 g/mol. The van der Waals surface area contributed by atoms with E-state index in [1.807, 2.05) is 18.4 Å². The van der Waals surface area contributed by atoms with Crippen LogP contribution in [0.15, 0.2) is 58.2 Å². The molecule has 1 atom stereocenters. The number of H-pyrrole nitrogens is 1. The van der Waals surface area contributed by atoms with Gasteiger partial charge in [-0.15, -0.1) is 11.8 Å². The van der Waals surface area contributed by atoms with Crippen molar-refractivity contribution in [3.63, 3.8) is 0 Å². The number of halogens is 3. The number of aromatic nitrogens is 3. The van der Waals surface area contributed by atoms with Crippen molar-refractivity contribution < 1.29 is 8.78 Å². The van der Waals surface area contributed by atoms with Gasteiger partial charge < -0.3 is 0 Å². The second kappa shape index (κ2) is 7.85. The first-order chi connectivity index (χ1) is 13.9. The Labute approximate surface area is 179 Å². The van der Waals surface area contributed by atoms with E-state index in [0.29, 0.717) is 16.4 Å². The highest BCUT2D eigenvalue weighted by atomic mass is 35.5. The number of nitrogens with one attached hydrogen (secondary N) is 1. The third kappa shape index (κ3) is 3.56. The van der Waals surface area contributed by atoms with Gasteiger partial charge in [-0.1, -0.05) is 35.9 Å². The summed E-state index contributed by atoms with van der Waals surface area (Å²) in [4.78, 5) is 18.0. The predicted molar refractivity (Wildman–Crippen MR) is 115 cm³/mol. The molecule has 4 rings (SSSR count). The zero-order valence-electron chi connectivity index (χ0n) is 15.0. The molecule has 0 radical (unpaired) electrons. The molecule has 2 aromatic heterocycles. The van der Waals surface area contributed by atoms with Crippen LogP contribution in [-0.4, -0.2) is 20.9 Å². The standard InChI is InChI=1S/C20H14ClF2N3OS2/c1-29-19-17(10-4-2-5-11(21)8-10)25-26-15(27)9-14(24-20(19)26)18(28)12-6-3-7-13(22)16(12)23/h2-9,18,25,28H,1H3. The fraction of sp³-hybridized carbons (Fsp3) is 0.100. The molecule has 0 aliphatic heterocycles. The van der Waals surface area contributed by atoms with Crippen molar-refractivity contribution in [2.24, 2.45) is 0 Å².